The molecule has 0 fully saturated rings. The van der Waals surface area contributed by atoms with E-state index in [-0.39, 0.29) is 5.97 Å². The molecule has 0 bridgehead atoms. The minimum Gasteiger partial charge on any atom is -0.493 e. The molecule has 3 nitrogen and oxygen atoms in total. The van der Waals surface area contributed by atoms with Gasteiger partial charge in [0.15, 0.2) is 0 Å². The summed E-state index contributed by atoms with van der Waals surface area (Å²) in [4.78, 5) is 11.2. The highest BCUT2D eigenvalue weighted by Gasteiger charge is 2.09. The standard InChI is InChI=1S/C13H14O3/c1-15-13(14)11-7-5-10(6-8-11)12-4-2-3-9-16-12/h4-8H,2-3,9H2,1H3. The van der Waals surface area contributed by atoms with Crippen molar-refractivity contribution in [3.63, 3.8) is 0 Å². The Labute approximate surface area is 94.7 Å². The number of benzene rings is 1. The number of hydrogen-bond acceptors (Lipinski definition) is 3. The third-order valence-corrected chi connectivity index (χ3v) is 2.53. The summed E-state index contributed by atoms with van der Waals surface area (Å²) < 4.78 is 10.2. The summed E-state index contributed by atoms with van der Waals surface area (Å²) in [7, 11) is 1.38. The molecule has 0 radical (unpaired) electrons. The van der Waals surface area contributed by atoms with Gasteiger partial charge in [-0.1, -0.05) is 12.1 Å². The number of carbonyl (C=O) groups is 1. The van der Waals surface area contributed by atoms with Crippen molar-refractivity contribution in [3.8, 4) is 0 Å². The fourth-order valence-electron chi connectivity index (χ4n) is 1.65. The second-order valence-electron chi connectivity index (χ2n) is 3.63. The molecule has 84 valence electrons. The van der Waals surface area contributed by atoms with Crippen molar-refractivity contribution >= 4 is 11.7 Å². The van der Waals surface area contributed by atoms with Crippen LogP contribution in [0.5, 0.6) is 0 Å². The molecule has 1 aliphatic heterocycles. The lowest BCUT2D eigenvalue weighted by Gasteiger charge is -2.15. The van der Waals surface area contributed by atoms with Crippen molar-refractivity contribution in [1.29, 1.82) is 0 Å². The third-order valence-electron chi connectivity index (χ3n) is 2.53. The molecule has 1 aromatic carbocycles. The van der Waals surface area contributed by atoms with E-state index in [1.54, 1.807) is 12.1 Å². The molecule has 0 spiro atoms. The van der Waals surface area contributed by atoms with Gasteiger partial charge in [0.2, 0.25) is 0 Å². The fourth-order valence-corrected chi connectivity index (χ4v) is 1.65. The molecular weight excluding hydrogens is 204 g/mol. The van der Waals surface area contributed by atoms with Crippen LogP contribution >= 0.6 is 0 Å². The summed E-state index contributed by atoms with van der Waals surface area (Å²) in [6.07, 6.45) is 4.20. The Morgan fingerprint density at radius 3 is 2.62 bits per heavy atom. The predicted molar refractivity (Wildman–Crippen MR) is 60.9 cm³/mol. The van der Waals surface area contributed by atoms with Gasteiger partial charge in [-0.15, -0.1) is 0 Å². The zero-order valence-electron chi connectivity index (χ0n) is 9.23. The molecule has 0 aliphatic carbocycles. The molecule has 0 N–H and O–H groups in total. The Kier molecular flexibility index (Phi) is 3.25. The first kappa shape index (κ1) is 10.7. The van der Waals surface area contributed by atoms with Crippen LogP contribution in [0, 0.1) is 0 Å². The highest BCUT2D eigenvalue weighted by molar-refractivity contribution is 5.89. The van der Waals surface area contributed by atoms with E-state index in [1.165, 1.54) is 7.11 Å². The van der Waals surface area contributed by atoms with Gasteiger partial charge < -0.3 is 9.47 Å². The van der Waals surface area contributed by atoms with E-state index in [2.05, 4.69) is 10.8 Å². The lowest BCUT2D eigenvalue weighted by atomic mass is 10.1. The molecule has 1 aliphatic rings. The largest absolute Gasteiger partial charge is 0.493 e. The lowest BCUT2D eigenvalue weighted by molar-refractivity contribution is 0.0600. The molecule has 0 aromatic heterocycles. The fraction of sp³-hybridized carbons (Fsp3) is 0.308. The molecule has 2 rings (SSSR count). The van der Waals surface area contributed by atoms with Crippen LogP contribution in [0.1, 0.15) is 28.8 Å². The number of ether oxygens (including phenoxy) is 2. The van der Waals surface area contributed by atoms with Crippen LogP contribution in [0.3, 0.4) is 0 Å². The highest BCUT2D eigenvalue weighted by atomic mass is 16.5. The summed E-state index contributed by atoms with van der Waals surface area (Å²) in [5.74, 6) is 0.591. The molecule has 0 unspecified atom stereocenters. The third kappa shape index (κ3) is 2.24. The number of rotatable bonds is 2. The molecule has 0 amide bonds. The van der Waals surface area contributed by atoms with Gasteiger partial charge in [-0.05, 0) is 31.1 Å². The van der Waals surface area contributed by atoms with Gasteiger partial charge in [0.25, 0.3) is 0 Å². The Morgan fingerprint density at radius 2 is 2.06 bits per heavy atom. The number of hydrogen-bond donors (Lipinski definition) is 0. The number of carbonyl (C=O) groups excluding carboxylic acids is 1. The average molecular weight is 218 g/mol. The summed E-state index contributed by atoms with van der Waals surface area (Å²) in [6.45, 7) is 0.768. The molecule has 0 saturated carbocycles. The van der Waals surface area contributed by atoms with Crippen molar-refractivity contribution < 1.29 is 14.3 Å². The molecular formula is C13H14O3. The predicted octanol–water partition coefficient (Wildman–Crippen LogP) is 2.62. The van der Waals surface area contributed by atoms with E-state index >= 15 is 0 Å². The van der Waals surface area contributed by atoms with Crippen molar-refractivity contribution in [3.05, 3.63) is 41.5 Å². The SMILES string of the molecule is COC(=O)c1ccc(C2=CCCCO2)cc1. The first-order valence-electron chi connectivity index (χ1n) is 5.33. The second kappa shape index (κ2) is 4.84. The Bertz CT molecular complexity index is 404. The topological polar surface area (TPSA) is 35.5 Å². The van der Waals surface area contributed by atoms with E-state index in [9.17, 15) is 4.79 Å². The van der Waals surface area contributed by atoms with Gasteiger partial charge in [-0.3, -0.25) is 0 Å². The van der Waals surface area contributed by atoms with E-state index in [0.717, 1.165) is 30.8 Å². The van der Waals surface area contributed by atoms with Gasteiger partial charge in [0.05, 0.1) is 19.3 Å². The quantitative estimate of drug-likeness (QED) is 0.716. The van der Waals surface area contributed by atoms with E-state index in [1.807, 2.05) is 12.1 Å². The van der Waals surface area contributed by atoms with Crippen molar-refractivity contribution in [2.45, 2.75) is 12.8 Å². The molecule has 1 aromatic rings. The van der Waals surface area contributed by atoms with Crippen LogP contribution in [-0.2, 0) is 9.47 Å². The van der Waals surface area contributed by atoms with E-state index < -0.39 is 0 Å². The van der Waals surface area contributed by atoms with E-state index in [4.69, 9.17) is 4.74 Å². The summed E-state index contributed by atoms with van der Waals surface area (Å²) in [6, 6.07) is 7.26. The normalized spacial score (nSPS) is 14.9. The molecule has 16 heavy (non-hydrogen) atoms. The van der Waals surface area contributed by atoms with Crippen LogP contribution in [0.4, 0.5) is 0 Å². The van der Waals surface area contributed by atoms with Crippen LogP contribution in [0.25, 0.3) is 5.76 Å². The van der Waals surface area contributed by atoms with Crippen LogP contribution in [0.2, 0.25) is 0 Å². The molecule has 0 saturated heterocycles. The van der Waals surface area contributed by atoms with Crippen LogP contribution in [0.15, 0.2) is 30.3 Å². The van der Waals surface area contributed by atoms with Gasteiger partial charge in [-0.25, -0.2) is 4.79 Å². The summed E-state index contributed by atoms with van der Waals surface area (Å²) in [5, 5.41) is 0. The maximum Gasteiger partial charge on any atom is 0.337 e. The highest BCUT2D eigenvalue weighted by Crippen LogP contribution is 2.21. The van der Waals surface area contributed by atoms with Crippen LogP contribution < -0.4 is 0 Å². The number of allylic oxidation sites excluding steroid dienone is 1. The zero-order valence-corrected chi connectivity index (χ0v) is 9.23. The van der Waals surface area contributed by atoms with Crippen LogP contribution in [-0.4, -0.2) is 19.7 Å². The summed E-state index contributed by atoms with van der Waals surface area (Å²) in [5.41, 5.74) is 1.56. The number of esters is 1. The maximum atomic E-state index is 11.2. The van der Waals surface area contributed by atoms with Crippen molar-refractivity contribution in [2.75, 3.05) is 13.7 Å². The van der Waals surface area contributed by atoms with E-state index in [0.29, 0.717) is 5.56 Å². The first-order chi connectivity index (χ1) is 7.81. The van der Waals surface area contributed by atoms with Gasteiger partial charge in [0, 0.05) is 5.56 Å². The minimum absolute atomic E-state index is 0.315. The summed E-state index contributed by atoms with van der Waals surface area (Å²) >= 11 is 0. The first-order valence-corrected chi connectivity index (χ1v) is 5.33. The second-order valence-corrected chi connectivity index (χ2v) is 3.63. The van der Waals surface area contributed by atoms with Gasteiger partial charge >= 0.3 is 5.97 Å². The Morgan fingerprint density at radius 1 is 1.31 bits per heavy atom. The average Bonchev–Trinajstić information content (AvgIpc) is 2.39. The smallest absolute Gasteiger partial charge is 0.337 e. The van der Waals surface area contributed by atoms with Gasteiger partial charge in [0.1, 0.15) is 5.76 Å². The molecule has 1 heterocycles. The molecule has 3 heteroatoms. The Balaban J connectivity index is 2.18. The molecule has 0 atom stereocenters. The monoisotopic (exact) mass is 218 g/mol. The Hall–Kier alpha value is -1.77. The zero-order chi connectivity index (χ0) is 11.4. The van der Waals surface area contributed by atoms with Crippen molar-refractivity contribution in [2.24, 2.45) is 0 Å². The van der Waals surface area contributed by atoms with Crippen molar-refractivity contribution in [1.82, 2.24) is 0 Å². The van der Waals surface area contributed by atoms with Gasteiger partial charge in [-0.2, -0.15) is 0 Å². The lowest BCUT2D eigenvalue weighted by Crippen LogP contribution is -2.03. The minimum atomic E-state index is -0.315. The number of methoxy groups -OCH3 is 1. The maximum absolute atomic E-state index is 11.2.